The van der Waals surface area contributed by atoms with Gasteiger partial charge < -0.3 is 4.48 Å². The molecular formula is C14H31BrN+. The van der Waals surface area contributed by atoms with Gasteiger partial charge in [-0.1, -0.05) is 39.5 Å². The molecule has 0 aromatic rings. The normalized spacial score (nSPS) is 12.0. The van der Waals surface area contributed by atoms with Crippen LogP contribution in [0, 0.1) is 0 Å². The molecule has 0 bridgehead atoms. The van der Waals surface area contributed by atoms with Crippen molar-refractivity contribution in [3.8, 4) is 0 Å². The average Bonchev–Trinajstić information content (AvgIpc) is 2.31. The largest absolute Gasteiger partial charge is 0.317 e. The maximum absolute atomic E-state index is 3.68. The Kier molecular flexibility index (Phi) is 10.9. The summed E-state index contributed by atoms with van der Waals surface area (Å²) < 4.78 is 1.22. The summed E-state index contributed by atoms with van der Waals surface area (Å²) in [5, 5.41) is 0. The van der Waals surface area contributed by atoms with Gasteiger partial charge in [-0.15, -0.1) is 0 Å². The Balaban J connectivity index is 3.64. The lowest BCUT2D eigenvalue weighted by Crippen LogP contribution is -2.44. The quantitative estimate of drug-likeness (QED) is 0.219. The van der Waals surface area contributed by atoms with Gasteiger partial charge in [-0.05, 0) is 41.6 Å². The van der Waals surface area contributed by atoms with Crippen LogP contribution in [0.5, 0.6) is 0 Å². The zero-order chi connectivity index (χ0) is 12.3. The first-order chi connectivity index (χ1) is 7.68. The lowest BCUT2D eigenvalue weighted by molar-refractivity contribution is -0.896. The van der Waals surface area contributed by atoms with Crippen molar-refractivity contribution in [2.45, 2.75) is 65.2 Å². The smallest absolute Gasteiger partial charge is 0.134 e. The van der Waals surface area contributed by atoms with E-state index in [1.807, 2.05) is 0 Å². The zero-order valence-corrected chi connectivity index (χ0v) is 13.2. The lowest BCUT2D eigenvalue weighted by atomic mass is 10.1. The van der Waals surface area contributed by atoms with Gasteiger partial charge >= 0.3 is 0 Å². The fourth-order valence-electron chi connectivity index (χ4n) is 2.07. The molecule has 0 saturated heterocycles. The summed E-state index contributed by atoms with van der Waals surface area (Å²) in [7, 11) is 2.40. The molecule has 0 aliphatic carbocycles. The Morgan fingerprint density at radius 2 is 1.19 bits per heavy atom. The van der Waals surface area contributed by atoms with Crippen LogP contribution in [0.2, 0.25) is 0 Å². The van der Waals surface area contributed by atoms with Gasteiger partial charge in [-0.2, -0.15) is 0 Å². The Morgan fingerprint density at radius 1 is 0.750 bits per heavy atom. The first kappa shape index (κ1) is 16.4. The van der Waals surface area contributed by atoms with E-state index in [9.17, 15) is 0 Å². The van der Waals surface area contributed by atoms with Crippen LogP contribution in [-0.4, -0.2) is 30.1 Å². The molecule has 0 spiro atoms. The van der Waals surface area contributed by atoms with Crippen LogP contribution < -0.4 is 0 Å². The van der Waals surface area contributed by atoms with Gasteiger partial charge in [0.15, 0.2) is 0 Å². The number of hydrogen-bond acceptors (Lipinski definition) is 0. The number of nitrogens with zero attached hydrogens (tertiary/aromatic N) is 1. The number of alkyl halides is 1. The molecule has 0 aliphatic rings. The molecule has 98 valence electrons. The third kappa shape index (κ3) is 8.58. The number of rotatable bonds is 11. The van der Waals surface area contributed by atoms with Gasteiger partial charge in [0.1, 0.15) is 5.45 Å². The SMILES string of the molecule is CCCCCC[N+](C)(CBr)CCCCCC. The van der Waals surface area contributed by atoms with Crippen molar-refractivity contribution < 1.29 is 4.48 Å². The Labute approximate surface area is 111 Å². The van der Waals surface area contributed by atoms with Crippen LogP contribution in [0.25, 0.3) is 0 Å². The standard InChI is InChI=1S/C14H31BrN/c1-4-6-8-10-12-16(3,14-15)13-11-9-7-5-2/h4-14H2,1-3H3/q+1. The molecule has 0 fully saturated rings. The van der Waals surface area contributed by atoms with Crippen LogP contribution in [-0.2, 0) is 0 Å². The molecule has 2 heteroatoms. The van der Waals surface area contributed by atoms with E-state index < -0.39 is 0 Å². The van der Waals surface area contributed by atoms with Crippen LogP contribution in [0.4, 0.5) is 0 Å². The molecule has 0 aromatic carbocycles. The predicted molar refractivity (Wildman–Crippen MR) is 78.0 cm³/mol. The topological polar surface area (TPSA) is 0 Å². The third-order valence-corrected chi connectivity index (χ3v) is 4.60. The summed E-state index contributed by atoms with van der Waals surface area (Å²) in [6, 6.07) is 0. The second-order valence-corrected chi connectivity index (χ2v) is 5.81. The zero-order valence-electron chi connectivity index (χ0n) is 11.6. The summed E-state index contributed by atoms with van der Waals surface area (Å²) in [6.45, 7) is 7.25. The number of unbranched alkanes of at least 4 members (excludes halogenated alkanes) is 6. The van der Waals surface area contributed by atoms with Crippen molar-refractivity contribution in [3.05, 3.63) is 0 Å². The lowest BCUT2D eigenvalue weighted by Gasteiger charge is -2.32. The van der Waals surface area contributed by atoms with Gasteiger partial charge in [0.2, 0.25) is 0 Å². The molecule has 0 aromatic heterocycles. The molecule has 0 rings (SSSR count). The van der Waals surface area contributed by atoms with Crippen molar-refractivity contribution in [2.75, 3.05) is 25.6 Å². The van der Waals surface area contributed by atoms with Crippen LogP contribution in [0.3, 0.4) is 0 Å². The molecule has 0 atom stereocenters. The van der Waals surface area contributed by atoms with Gasteiger partial charge in [0.05, 0.1) is 20.1 Å². The highest BCUT2D eigenvalue weighted by atomic mass is 79.9. The molecule has 0 saturated carbocycles. The molecule has 0 amide bonds. The minimum Gasteiger partial charge on any atom is -0.317 e. The molecule has 0 radical (unpaired) electrons. The van der Waals surface area contributed by atoms with E-state index in [0.717, 1.165) is 5.45 Å². The first-order valence-corrected chi connectivity index (χ1v) is 8.20. The van der Waals surface area contributed by atoms with E-state index in [2.05, 4.69) is 36.8 Å². The maximum Gasteiger partial charge on any atom is 0.134 e. The second kappa shape index (κ2) is 10.6. The van der Waals surface area contributed by atoms with E-state index in [1.165, 1.54) is 68.9 Å². The predicted octanol–water partition coefficient (Wildman–Crippen LogP) is 4.95. The van der Waals surface area contributed by atoms with Crippen molar-refractivity contribution in [3.63, 3.8) is 0 Å². The summed E-state index contributed by atoms with van der Waals surface area (Å²) >= 11 is 3.68. The monoisotopic (exact) mass is 292 g/mol. The summed E-state index contributed by atoms with van der Waals surface area (Å²) in [5.41, 5.74) is 1.12. The second-order valence-electron chi connectivity index (χ2n) is 5.31. The molecule has 1 nitrogen and oxygen atoms in total. The molecule has 0 N–H and O–H groups in total. The fourth-order valence-corrected chi connectivity index (χ4v) is 2.57. The van der Waals surface area contributed by atoms with Gasteiger partial charge in [0, 0.05) is 0 Å². The summed E-state index contributed by atoms with van der Waals surface area (Å²) in [6.07, 6.45) is 11.1. The van der Waals surface area contributed by atoms with E-state index in [0.29, 0.717) is 0 Å². The van der Waals surface area contributed by atoms with Crippen molar-refractivity contribution in [2.24, 2.45) is 0 Å². The number of quaternary nitrogens is 1. The van der Waals surface area contributed by atoms with Crippen LogP contribution in [0.1, 0.15) is 65.2 Å². The minimum absolute atomic E-state index is 1.12. The highest BCUT2D eigenvalue weighted by Crippen LogP contribution is 2.13. The molecule has 0 unspecified atom stereocenters. The van der Waals surface area contributed by atoms with Gasteiger partial charge in [0.25, 0.3) is 0 Å². The van der Waals surface area contributed by atoms with Gasteiger partial charge in [-0.25, -0.2) is 0 Å². The van der Waals surface area contributed by atoms with E-state index in [4.69, 9.17) is 0 Å². The molecule has 16 heavy (non-hydrogen) atoms. The highest BCUT2D eigenvalue weighted by molar-refractivity contribution is 9.09. The fraction of sp³-hybridized carbons (Fsp3) is 1.00. The Hall–Kier alpha value is 0.440. The summed E-state index contributed by atoms with van der Waals surface area (Å²) in [5.74, 6) is 0. The van der Waals surface area contributed by atoms with Crippen LogP contribution >= 0.6 is 15.9 Å². The van der Waals surface area contributed by atoms with E-state index in [-0.39, 0.29) is 0 Å². The van der Waals surface area contributed by atoms with Crippen molar-refractivity contribution in [1.29, 1.82) is 0 Å². The van der Waals surface area contributed by atoms with E-state index in [1.54, 1.807) is 0 Å². The number of hydrogen-bond donors (Lipinski definition) is 0. The molecular weight excluding hydrogens is 262 g/mol. The Morgan fingerprint density at radius 3 is 1.50 bits per heavy atom. The first-order valence-electron chi connectivity index (χ1n) is 7.08. The number of halogens is 1. The maximum atomic E-state index is 3.68. The average molecular weight is 293 g/mol. The Bertz CT molecular complexity index is 136. The summed E-state index contributed by atoms with van der Waals surface area (Å²) in [4.78, 5) is 0. The minimum atomic E-state index is 1.12. The van der Waals surface area contributed by atoms with Crippen LogP contribution in [0.15, 0.2) is 0 Å². The van der Waals surface area contributed by atoms with E-state index >= 15 is 0 Å². The van der Waals surface area contributed by atoms with Gasteiger partial charge in [-0.3, -0.25) is 0 Å². The molecule has 0 aliphatic heterocycles. The third-order valence-electron chi connectivity index (χ3n) is 3.39. The highest BCUT2D eigenvalue weighted by Gasteiger charge is 2.18. The van der Waals surface area contributed by atoms with Crippen molar-refractivity contribution in [1.82, 2.24) is 0 Å². The van der Waals surface area contributed by atoms with Crippen molar-refractivity contribution >= 4 is 15.9 Å². The molecule has 0 heterocycles.